The molecular formula is C11H20N2O2. The molecule has 2 amide bonds. The van der Waals surface area contributed by atoms with Crippen molar-refractivity contribution in [1.29, 1.82) is 0 Å². The lowest BCUT2D eigenvalue weighted by atomic mass is 9.96. The highest BCUT2D eigenvalue weighted by Gasteiger charge is 2.20. The van der Waals surface area contributed by atoms with Crippen molar-refractivity contribution >= 4 is 6.03 Å². The second kappa shape index (κ2) is 5.35. The zero-order valence-electron chi connectivity index (χ0n) is 9.13. The fraction of sp³-hybridized carbons (Fsp3) is 0.909. The Hall–Kier alpha value is -0.770. The van der Waals surface area contributed by atoms with Crippen LogP contribution in [-0.4, -0.2) is 31.3 Å². The van der Waals surface area contributed by atoms with Gasteiger partial charge in [0.05, 0.1) is 12.6 Å². The normalized spacial score (nSPS) is 27.6. The van der Waals surface area contributed by atoms with Crippen molar-refractivity contribution in [1.82, 2.24) is 10.6 Å². The summed E-state index contributed by atoms with van der Waals surface area (Å²) in [5.41, 5.74) is 0. The van der Waals surface area contributed by atoms with Crippen LogP contribution in [0.4, 0.5) is 4.79 Å². The summed E-state index contributed by atoms with van der Waals surface area (Å²) in [7, 11) is 0. The zero-order chi connectivity index (χ0) is 10.5. The Balaban J connectivity index is 1.66. The standard InChI is InChI=1S/C11H20N2O2/c14-11(13-10-6-7-15-8-10)12-9-4-2-1-3-5-9/h9-10H,1-8H2,(H2,12,13,14). The Morgan fingerprint density at radius 2 is 1.73 bits per heavy atom. The van der Waals surface area contributed by atoms with Crippen LogP contribution in [0.5, 0.6) is 0 Å². The molecule has 1 aliphatic carbocycles. The van der Waals surface area contributed by atoms with Gasteiger partial charge in [-0.25, -0.2) is 4.79 Å². The summed E-state index contributed by atoms with van der Waals surface area (Å²) in [4.78, 5) is 11.6. The first-order chi connectivity index (χ1) is 7.34. The molecule has 0 aromatic heterocycles. The highest BCUT2D eigenvalue weighted by atomic mass is 16.5. The molecule has 4 nitrogen and oxygen atoms in total. The number of rotatable bonds is 2. The summed E-state index contributed by atoms with van der Waals surface area (Å²) < 4.78 is 5.21. The van der Waals surface area contributed by atoms with Crippen molar-refractivity contribution in [3.63, 3.8) is 0 Å². The maximum atomic E-state index is 11.6. The van der Waals surface area contributed by atoms with E-state index in [0.29, 0.717) is 12.6 Å². The quantitative estimate of drug-likeness (QED) is 0.727. The van der Waals surface area contributed by atoms with Gasteiger partial charge in [0.25, 0.3) is 0 Å². The first-order valence-corrected chi connectivity index (χ1v) is 5.99. The van der Waals surface area contributed by atoms with E-state index in [1.54, 1.807) is 0 Å². The number of hydrogen-bond donors (Lipinski definition) is 2. The van der Waals surface area contributed by atoms with Crippen molar-refractivity contribution in [2.45, 2.75) is 50.6 Å². The van der Waals surface area contributed by atoms with E-state index in [2.05, 4.69) is 10.6 Å². The lowest BCUT2D eigenvalue weighted by molar-refractivity contribution is 0.187. The van der Waals surface area contributed by atoms with Gasteiger partial charge in [-0.1, -0.05) is 19.3 Å². The van der Waals surface area contributed by atoms with E-state index in [0.717, 1.165) is 25.9 Å². The van der Waals surface area contributed by atoms with Gasteiger partial charge in [0.15, 0.2) is 0 Å². The molecule has 15 heavy (non-hydrogen) atoms. The van der Waals surface area contributed by atoms with E-state index < -0.39 is 0 Å². The Bertz CT molecular complexity index is 209. The van der Waals surface area contributed by atoms with Crippen molar-refractivity contribution < 1.29 is 9.53 Å². The number of carbonyl (C=O) groups is 1. The molecule has 0 bridgehead atoms. The van der Waals surface area contributed by atoms with Crippen molar-refractivity contribution in [3.8, 4) is 0 Å². The summed E-state index contributed by atoms with van der Waals surface area (Å²) >= 11 is 0. The molecule has 1 saturated heterocycles. The number of ether oxygens (including phenoxy) is 1. The van der Waals surface area contributed by atoms with E-state index in [-0.39, 0.29) is 12.1 Å². The summed E-state index contributed by atoms with van der Waals surface area (Å²) in [5, 5.41) is 5.99. The van der Waals surface area contributed by atoms with Crippen molar-refractivity contribution in [3.05, 3.63) is 0 Å². The van der Waals surface area contributed by atoms with Gasteiger partial charge < -0.3 is 15.4 Å². The molecule has 0 aromatic carbocycles. The minimum absolute atomic E-state index is 0.0163. The third-order valence-electron chi connectivity index (χ3n) is 3.21. The van der Waals surface area contributed by atoms with Gasteiger partial charge in [-0.2, -0.15) is 0 Å². The van der Waals surface area contributed by atoms with Crippen LogP contribution in [0.3, 0.4) is 0 Å². The highest BCUT2D eigenvalue weighted by molar-refractivity contribution is 5.74. The number of nitrogens with one attached hydrogen (secondary N) is 2. The van der Waals surface area contributed by atoms with Crippen LogP contribution in [0.1, 0.15) is 38.5 Å². The van der Waals surface area contributed by atoms with Gasteiger partial charge in [-0.3, -0.25) is 0 Å². The number of carbonyl (C=O) groups excluding carboxylic acids is 1. The largest absolute Gasteiger partial charge is 0.379 e. The molecule has 1 unspecified atom stereocenters. The minimum Gasteiger partial charge on any atom is -0.379 e. The van der Waals surface area contributed by atoms with Crippen LogP contribution in [0.25, 0.3) is 0 Å². The molecule has 2 fully saturated rings. The van der Waals surface area contributed by atoms with Gasteiger partial charge >= 0.3 is 6.03 Å². The molecular weight excluding hydrogens is 192 g/mol. The molecule has 1 saturated carbocycles. The van der Waals surface area contributed by atoms with Crippen LogP contribution in [0.15, 0.2) is 0 Å². The average Bonchev–Trinajstić information content (AvgIpc) is 2.71. The van der Waals surface area contributed by atoms with Crippen LogP contribution in [0.2, 0.25) is 0 Å². The predicted molar refractivity (Wildman–Crippen MR) is 57.8 cm³/mol. The molecule has 2 N–H and O–H groups in total. The summed E-state index contributed by atoms with van der Waals surface area (Å²) in [5.74, 6) is 0. The smallest absolute Gasteiger partial charge is 0.315 e. The lowest BCUT2D eigenvalue weighted by Gasteiger charge is -2.23. The average molecular weight is 212 g/mol. The van der Waals surface area contributed by atoms with Gasteiger partial charge in [0, 0.05) is 12.6 Å². The fourth-order valence-corrected chi connectivity index (χ4v) is 2.31. The maximum Gasteiger partial charge on any atom is 0.315 e. The topological polar surface area (TPSA) is 50.4 Å². The van der Waals surface area contributed by atoms with Gasteiger partial charge in [-0.15, -0.1) is 0 Å². The molecule has 0 radical (unpaired) electrons. The summed E-state index contributed by atoms with van der Waals surface area (Å²) in [6, 6.07) is 0.590. The Labute approximate surface area is 90.8 Å². The summed E-state index contributed by atoms with van der Waals surface area (Å²) in [6.07, 6.45) is 7.02. The van der Waals surface area contributed by atoms with Crippen LogP contribution < -0.4 is 10.6 Å². The van der Waals surface area contributed by atoms with E-state index in [1.807, 2.05) is 0 Å². The molecule has 1 aliphatic heterocycles. The molecule has 4 heteroatoms. The van der Waals surface area contributed by atoms with E-state index in [1.165, 1.54) is 19.3 Å². The first-order valence-electron chi connectivity index (χ1n) is 5.99. The lowest BCUT2D eigenvalue weighted by Crippen LogP contribution is -2.47. The molecule has 1 heterocycles. The second-order valence-electron chi connectivity index (χ2n) is 4.51. The van der Waals surface area contributed by atoms with Crippen LogP contribution in [-0.2, 0) is 4.74 Å². The number of hydrogen-bond acceptors (Lipinski definition) is 2. The molecule has 0 spiro atoms. The maximum absolute atomic E-state index is 11.6. The SMILES string of the molecule is O=C(NC1CCCCC1)NC1CCOC1. The molecule has 2 rings (SSSR count). The fourth-order valence-electron chi connectivity index (χ4n) is 2.31. The number of amides is 2. The van der Waals surface area contributed by atoms with Gasteiger partial charge in [0.2, 0.25) is 0 Å². The first kappa shape index (κ1) is 10.7. The zero-order valence-corrected chi connectivity index (χ0v) is 9.13. The predicted octanol–water partition coefficient (Wildman–Crippen LogP) is 1.41. The van der Waals surface area contributed by atoms with Crippen LogP contribution in [0, 0.1) is 0 Å². The minimum atomic E-state index is -0.0163. The van der Waals surface area contributed by atoms with E-state index >= 15 is 0 Å². The molecule has 2 aliphatic rings. The van der Waals surface area contributed by atoms with Gasteiger partial charge in [0.1, 0.15) is 0 Å². The van der Waals surface area contributed by atoms with E-state index in [4.69, 9.17) is 4.74 Å². The molecule has 86 valence electrons. The monoisotopic (exact) mass is 212 g/mol. The van der Waals surface area contributed by atoms with Crippen molar-refractivity contribution in [2.24, 2.45) is 0 Å². The molecule has 0 aromatic rings. The highest BCUT2D eigenvalue weighted by Crippen LogP contribution is 2.17. The molecule has 1 atom stereocenters. The Morgan fingerprint density at radius 1 is 1.00 bits per heavy atom. The Kier molecular flexibility index (Phi) is 3.83. The van der Waals surface area contributed by atoms with E-state index in [9.17, 15) is 4.79 Å². The second-order valence-corrected chi connectivity index (χ2v) is 4.51. The Morgan fingerprint density at radius 3 is 2.40 bits per heavy atom. The summed E-state index contributed by atoms with van der Waals surface area (Å²) in [6.45, 7) is 1.44. The van der Waals surface area contributed by atoms with Gasteiger partial charge in [-0.05, 0) is 19.3 Å². The third kappa shape index (κ3) is 3.38. The third-order valence-corrected chi connectivity index (χ3v) is 3.21. The number of urea groups is 1. The van der Waals surface area contributed by atoms with Crippen LogP contribution >= 0.6 is 0 Å². The van der Waals surface area contributed by atoms with Crippen molar-refractivity contribution in [2.75, 3.05) is 13.2 Å².